The maximum atomic E-state index is 12.8. The van der Waals surface area contributed by atoms with E-state index in [1.807, 2.05) is 17.0 Å². The molecule has 1 heterocycles. The molecular weight excluding hydrogens is 335 g/mol. The molecule has 0 saturated carbocycles. The number of hydrogen-bond acceptors (Lipinski definition) is 3. The molecule has 0 radical (unpaired) electrons. The van der Waals surface area contributed by atoms with E-state index in [4.69, 9.17) is 16.3 Å². The third kappa shape index (κ3) is 5.55. The van der Waals surface area contributed by atoms with E-state index in [1.165, 1.54) is 0 Å². The number of hydrogen-bond donors (Lipinski definition) is 1. The van der Waals surface area contributed by atoms with Crippen LogP contribution in [-0.4, -0.2) is 43.6 Å². The third-order valence-corrected chi connectivity index (χ3v) is 4.35. The number of carbonyl (C=O) groups is 1. The van der Waals surface area contributed by atoms with Crippen molar-refractivity contribution in [3.05, 3.63) is 28.8 Å². The fourth-order valence-electron chi connectivity index (χ4n) is 3.02. The summed E-state index contributed by atoms with van der Waals surface area (Å²) in [5.41, 5.74) is 0.857. The summed E-state index contributed by atoms with van der Waals surface area (Å²) in [6.07, 6.45) is 3.37. The lowest BCUT2D eigenvalue weighted by molar-refractivity contribution is -0.133. The van der Waals surface area contributed by atoms with Crippen LogP contribution in [-0.2, 0) is 11.2 Å². The summed E-state index contributed by atoms with van der Waals surface area (Å²) in [5.74, 6) is 0.883. The zero-order valence-electron chi connectivity index (χ0n) is 13.8. The van der Waals surface area contributed by atoms with Crippen molar-refractivity contribution in [2.24, 2.45) is 0 Å². The number of nitrogens with zero attached hydrogens (tertiary/aromatic N) is 1. The molecule has 130 valence electrons. The molecule has 0 bridgehead atoms. The van der Waals surface area contributed by atoms with Crippen molar-refractivity contribution in [1.82, 2.24) is 10.2 Å². The summed E-state index contributed by atoms with van der Waals surface area (Å²) in [7, 11) is 1.62. The Kier molecular flexibility index (Phi) is 8.74. The molecular formula is C17H26Cl2N2O2. The van der Waals surface area contributed by atoms with Crippen molar-refractivity contribution < 1.29 is 9.53 Å². The van der Waals surface area contributed by atoms with E-state index < -0.39 is 0 Å². The minimum atomic E-state index is 0. The minimum Gasteiger partial charge on any atom is -0.496 e. The number of piperidine rings is 1. The molecule has 2 rings (SSSR count). The van der Waals surface area contributed by atoms with Gasteiger partial charge >= 0.3 is 0 Å². The summed E-state index contributed by atoms with van der Waals surface area (Å²) in [5, 5.41) is 3.98. The third-order valence-electron chi connectivity index (χ3n) is 4.12. The zero-order valence-corrected chi connectivity index (χ0v) is 15.4. The second-order valence-corrected chi connectivity index (χ2v) is 6.14. The van der Waals surface area contributed by atoms with Crippen molar-refractivity contribution in [3.63, 3.8) is 0 Å². The highest BCUT2D eigenvalue weighted by Crippen LogP contribution is 2.24. The maximum absolute atomic E-state index is 12.8. The molecule has 1 aliphatic rings. The highest BCUT2D eigenvalue weighted by Gasteiger charge is 2.25. The van der Waals surface area contributed by atoms with Crippen LogP contribution in [0.3, 0.4) is 0 Å². The first-order valence-corrected chi connectivity index (χ1v) is 8.36. The second kappa shape index (κ2) is 10.0. The molecule has 1 N–H and O–H groups in total. The average molecular weight is 361 g/mol. The first-order valence-electron chi connectivity index (χ1n) is 7.98. The number of carbonyl (C=O) groups excluding carboxylic acids is 1. The quantitative estimate of drug-likeness (QED) is 0.845. The Morgan fingerprint density at radius 2 is 2.09 bits per heavy atom. The zero-order chi connectivity index (χ0) is 15.9. The molecule has 0 aromatic heterocycles. The van der Waals surface area contributed by atoms with Gasteiger partial charge in [0, 0.05) is 23.2 Å². The second-order valence-electron chi connectivity index (χ2n) is 5.70. The minimum absolute atomic E-state index is 0. The van der Waals surface area contributed by atoms with E-state index >= 15 is 0 Å². The van der Waals surface area contributed by atoms with Gasteiger partial charge in [-0.3, -0.25) is 4.79 Å². The largest absolute Gasteiger partial charge is 0.496 e. The lowest BCUT2D eigenvalue weighted by Crippen LogP contribution is -2.47. The van der Waals surface area contributed by atoms with Crippen LogP contribution in [0.15, 0.2) is 18.2 Å². The Morgan fingerprint density at radius 1 is 1.39 bits per heavy atom. The topological polar surface area (TPSA) is 41.6 Å². The predicted octanol–water partition coefficient (Wildman–Crippen LogP) is 3.30. The molecule has 1 aromatic rings. The van der Waals surface area contributed by atoms with Crippen molar-refractivity contribution >= 4 is 29.9 Å². The summed E-state index contributed by atoms with van der Waals surface area (Å²) < 4.78 is 5.35. The number of halogens is 2. The Morgan fingerprint density at radius 3 is 2.70 bits per heavy atom. The summed E-state index contributed by atoms with van der Waals surface area (Å²) in [6.45, 7) is 4.89. The molecule has 0 unspecified atom stereocenters. The van der Waals surface area contributed by atoms with E-state index in [0.717, 1.165) is 50.2 Å². The van der Waals surface area contributed by atoms with Gasteiger partial charge in [-0.1, -0.05) is 18.5 Å². The molecule has 1 aromatic carbocycles. The molecule has 1 aliphatic heterocycles. The smallest absolute Gasteiger partial charge is 0.227 e. The van der Waals surface area contributed by atoms with Gasteiger partial charge in [-0.15, -0.1) is 12.4 Å². The van der Waals surface area contributed by atoms with Gasteiger partial charge in [0.2, 0.25) is 5.91 Å². The van der Waals surface area contributed by atoms with Crippen molar-refractivity contribution in [2.75, 3.05) is 26.7 Å². The summed E-state index contributed by atoms with van der Waals surface area (Å²) >= 11 is 6.06. The van der Waals surface area contributed by atoms with E-state index in [-0.39, 0.29) is 18.3 Å². The Balaban J connectivity index is 0.00000264. The molecule has 1 fully saturated rings. The van der Waals surface area contributed by atoms with Crippen molar-refractivity contribution in [3.8, 4) is 5.75 Å². The molecule has 23 heavy (non-hydrogen) atoms. The van der Waals surface area contributed by atoms with Crippen LogP contribution >= 0.6 is 24.0 Å². The Labute approximate surface area is 149 Å². The maximum Gasteiger partial charge on any atom is 0.227 e. The van der Waals surface area contributed by atoms with Crippen LogP contribution in [0.25, 0.3) is 0 Å². The van der Waals surface area contributed by atoms with Gasteiger partial charge in [0.05, 0.1) is 13.5 Å². The number of ether oxygens (including phenoxy) is 1. The molecule has 6 heteroatoms. The van der Waals surface area contributed by atoms with E-state index in [0.29, 0.717) is 17.5 Å². The lowest BCUT2D eigenvalue weighted by atomic mass is 10.0. The van der Waals surface area contributed by atoms with Crippen LogP contribution in [0, 0.1) is 0 Å². The van der Waals surface area contributed by atoms with Gasteiger partial charge in [0.15, 0.2) is 0 Å². The molecule has 0 atom stereocenters. The van der Waals surface area contributed by atoms with Gasteiger partial charge in [-0.05, 0) is 50.6 Å². The normalized spacial score (nSPS) is 14.9. The predicted molar refractivity (Wildman–Crippen MR) is 96.9 cm³/mol. The lowest BCUT2D eigenvalue weighted by Gasteiger charge is -2.34. The van der Waals surface area contributed by atoms with Crippen molar-refractivity contribution in [2.45, 2.75) is 38.6 Å². The van der Waals surface area contributed by atoms with Gasteiger partial charge in [-0.25, -0.2) is 0 Å². The number of nitrogens with one attached hydrogen (secondary N) is 1. The van der Waals surface area contributed by atoms with Crippen LogP contribution in [0.4, 0.5) is 0 Å². The molecule has 0 aliphatic carbocycles. The SMILES string of the molecule is CCCN(C(=O)Cc1cc(Cl)ccc1OC)C1CCNCC1.Cl. The summed E-state index contributed by atoms with van der Waals surface area (Å²) in [4.78, 5) is 14.8. The van der Waals surface area contributed by atoms with Crippen LogP contribution in [0.2, 0.25) is 5.02 Å². The van der Waals surface area contributed by atoms with Gasteiger partial charge in [-0.2, -0.15) is 0 Å². The molecule has 4 nitrogen and oxygen atoms in total. The monoisotopic (exact) mass is 360 g/mol. The van der Waals surface area contributed by atoms with Gasteiger partial charge in [0.1, 0.15) is 5.75 Å². The number of methoxy groups -OCH3 is 1. The van der Waals surface area contributed by atoms with E-state index in [2.05, 4.69) is 12.2 Å². The first-order chi connectivity index (χ1) is 10.7. The highest BCUT2D eigenvalue weighted by molar-refractivity contribution is 6.30. The van der Waals surface area contributed by atoms with Crippen molar-refractivity contribution in [1.29, 1.82) is 0 Å². The number of benzene rings is 1. The Bertz CT molecular complexity index is 505. The fraction of sp³-hybridized carbons (Fsp3) is 0.588. The van der Waals surface area contributed by atoms with Gasteiger partial charge in [0.25, 0.3) is 0 Å². The molecule has 1 saturated heterocycles. The molecule has 0 spiro atoms. The first kappa shape index (κ1) is 20.1. The number of rotatable bonds is 6. The average Bonchev–Trinajstić information content (AvgIpc) is 2.53. The van der Waals surface area contributed by atoms with E-state index in [9.17, 15) is 4.79 Å². The standard InChI is InChI=1S/C17H25ClN2O2.ClH/c1-3-10-20(15-6-8-19-9-7-15)17(21)12-13-11-14(18)4-5-16(13)22-2;/h4-5,11,15,19H,3,6-10,12H2,1-2H3;1H. The highest BCUT2D eigenvalue weighted by atomic mass is 35.5. The van der Waals surface area contributed by atoms with Gasteiger partial charge < -0.3 is 15.0 Å². The number of amides is 1. The fourth-order valence-corrected chi connectivity index (χ4v) is 3.21. The van der Waals surface area contributed by atoms with E-state index in [1.54, 1.807) is 13.2 Å². The summed E-state index contributed by atoms with van der Waals surface area (Å²) in [6, 6.07) is 5.77. The van der Waals surface area contributed by atoms with Crippen LogP contribution in [0.5, 0.6) is 5.75 Å². The molecule has 1 amide bonds. The van der Waals surface area contributed by atoms with Crippen LogP contribution < -0.4 is 10.1 Å². The Hall–Kier alpha value is -0.970. The van der Waals surface area contributed by atoms with Crippen LogP contribution in [0.1, 0.15) is 31.7 Å².